The molecule has 4 heteroatoms. The highest BCUT2D eigenvalue weighted by atomic mass is 16.5. The van der Waals surface area contributed by atoms with Gasteiger partial charge in [0.15, 0.2) is 0 Å². The molecule has 3 aliphatic heterocycles. The quantitative estimate of drug-likeness (QED) is 0.700. The van der Waals surface area contributed by atoms with Crippen molar-refractivity contribution in [3.8, 4) is 23.0 Å². The number of phenols is 1. The van der Waals surface area contributed by atoms with Gasteiger partial charge in [0.2, 0.25) is 0 Å². The normalized spacial score (nSPS) is 22.4. The first-order chi connectivity index (χ1) is 13.7. The van der Waals surface area contributed by atoms with E-state index in [1.165, 1.54) is 5.56 Å². The zero-order valence-corrected chi connectivity index (χ0v) is 17.3. The van der Waals surface area contributed by atoms with Crippen LogP contribution in [0.25, 0.3) is 12.2 Å². The molecule has 29 heavy (non-hydrogen) atoms. The first-order valence-corrected chi connectivity index (χ1v) is 10.1. The van der Waals surface area contributed by atoms with Gasteiger partial charge in [0.25, 0.3) is 0 Å². The molecule has 0 fully saturated rings. The first-order valence-electron chi connectivity index (χ1n) is 10.1. The van der Waals surface area contributed by atoms with Crippen molar-refractivity contribution >= 4 is 12.2 Å². The van der Waals surface area contributed by atoms with E-state index in [4.69, 9.17) is 14.2 Å². The Morgan fingerprint density at radius 3 is 2.52 bits per heavy atom. The zero-order chi connectivity index (χ0) is 20.4. The molecule has 1 N–H and O–H groups in total. The maximum Gasteiger partial charge on any atom is 0.135 e. The average Bonchev–Trinajstić information content (AvgIpc) is 2.65. The van der Waals surface area contributed by atoms with E-state index in [1.807, 2.05) is 52.0 Å². The van der Waals surface area contributed by atoms with E-state index < -0.39 is 5.60 Å². The van der Waals surface area contributed by atoms with Gasteiger partial charge < -0.3 is 19.3 Å². The minimum atomic E-state index is -0.406. The van der Waals surface area contributed by atoms with Crippen molar-refractivity contribution in [1.82, 2.24) is 0 Å². The molecular weight excluding hydrogens is 364 g/mol. The van der Waals surface area contributed by atoms with Crippen molar-refractivity contribution in [3.63, 3.8) is 0 Å². The number of hydrogen-bond acceptors (Lipinski definition) is 4. The molecule has 1 unspecified atom stereocenters. The van der Waals surface area contributed by atoms with Gasteiger partial charge in [0.05, 0.1) is 12.2 Å². The Morgan fingerprint density at radius 2 is 1.69 bits per heavy atom. The van der Waals surface area contributed by atoms with E-state index in [-0.39, 0.29) is 17.3 Å². The molecule has 0 saturated heterocycles. The van der Waals surface area contributed by atoms with E-state index >= 15 is 0 Å². The SMILES string of the molecule is CC1(C)C=Cc2cc3c(cc2O1)OCC(c1ccc(O)c2c1OC(C)(C)C=C2)C3. The van der Waals surface area contributed by atoms with Crippen molar-refractivity contribution in [2.45, 2.75) is 51.2 Å². The summed E-state index contributed by atoms with van der Waals surface area (Å²) in [6.45, 7) is 8.70. The van der Waals surface area contributed by atoms with Crippen LogP contribution in [-0.4, -0.2) is 22.9 Å². The Hall–Kier alpha value is -2.88. The number of benzene rings is 2. The van der Waals surface area contributed by atoms with Crippen LogP contribution in [0.15, 0.2) is 36.4 Å². The van der Waals surface area contributed by atoms with Crippen LogP contribution >= 0.6 is 0 Å². The molecule has 2 aromatic carbocycles. The maximum atomic E-state index is 10.3. The molecule has 0 amide bonds. The molecule has 2 aromatic rings. The Balaban J connectivity index is 1.51. The molecule has 4 nitrogen and oxygen atoms in total. The number of hydrogen-bond donors (Lipinski definition) is 1. The number of aromatic hydroxyl groups is 1. The van der Waals surface area contributed by atoms with Gasteiger partial charge in [-0.1, -0.05) is 12.1 Å². The number of ether oxygens (including phenoxy) is 3. The first kappa shape index (κ1) is 18.2. The molecule has 150 valence electrons. The molecule has 0 spiro atoms. The lowest BCUT2D eigenvalue weighted by atomic mass is 9.86. The third kappa shape index (κ3) is 3.17. The minimum absolute atomic E-state index is 0.155. The molecule has 3 heterocycles. The molecule has 0 bridgehead atoms. The van der Waals surface area contributed by atoms with Crippen LogP contribution in [0.2, 0.25) is 0 Å². The monoisotopic (exact) mass is 390 g/mol. The van der Waals surface area contributed by atoms with Gasteiger partial charge in [-0.15, -0.1) is 0 Å². The lowest BCUT2D eigenvalue weighted by Crippen LogP contribution is -2.30. The Morgan fingerprint density at radius 1 is 0.931 bits per heavy atom. The highest BCUT2D eigenvalue weighted by Crippen LogP contribution is 2.46. The van der Waals surface area contributed by atoms with Gasteiger partial charge >= 0.3 is 0 Å². The molecule has 0 saturated carbocycles. The number of phenolic OH excluding ortho intramolecular Hbond substituents is 1. The predicted octanol–water partition coefficient (Wildman–Crippen LogP) is 5.48. The van der Waals surface area contributed by atoms with E-state index in [0.29, 0.717) is 6.61 Å². The summed E-state index contributed by atoms with van der Waals surface area (Å²) in [7, 11) is 0. The fraction of sp³-hybridized carbons (Fsp3) is 0.360. The second-order valence-electron chi connectivity index (χ2n) is 9.20. The van der Waals surface area contributed by atoms with Crippen LogP contribution in [0.3, 0.4) is 0 Å². The molecular formula is C25H26O4. The van der Waals surface area contributed by atoms with Crippen molar-refractivity contribution in [1.29, 1.82) is 0 Å². The molecule has 0 aliphatic carbocycles. The third-order valence-electron chi connectivity index (χ3n) is 5.80. The molecule has 1 atom stereocenters. The number of fused-ring (bicyclic) bond motifs is 3. The largest absolute Gasteiger partial charge is 0.507 e. The molecule has 0 aromatic heterocycles. The standard InChI is InChI=1S/C25H26O4/c1-24(2)9-7-15-11-16-12-17(14-27-21(16)13-22(15)28-24)18-5-6-20(26)19-8-10-25(3,4)29-23(18)19/h5-11,13,17,26H,12,14H2,1-4H3. The average molecular weight is 390 g/mol. The highest BCUT2D eigenvalue weighted by molar-refractivity contribution is 5.70. The van der Waals surface area contributed by atoms with Crippen LogP contribution in [-0.2, 0) is 6.42 Å². The summed E-state index contributed by atoms with van der Waals surface area (Å²) in [5.74, 6) is 2.91. The Kier molecular flexibility index (Phi) is 3.79. The Labute approximate surface area is 171 Å². The van der Waals surface area contributed by atoms with Gasteiger partial charge in [-0.2, -0.15) is 0 Å². The lowest BCUT2D eigenvalue weighted by molar-refractivity contribution is 0.152. The van der Waals surface area contributed by atoms with E-state index in [1.54, 1.807) is 6.07 Å². The summed E-state index contributed by atoms with van der Waals surface area (Å²) in [5.41, 5.74) is 3.36. The fourth-order valence-corrected chi connectivity index (χ4v) is 4.24. The summed E-state index contributed by atoms with van der Waals surface area (Å²) < 4.78 is 18.5. The van der Waals surface area contributed by atoms with Crippen molar-refractivity contribution in [2.75, 3.05) is 6.61 Å². The lowest BCUT2D eigenvalue weighted by Gasteiger charge is -2.34. The minimum Gasteiger partial charge on any atom is -0.507 e. The van der Waals surface area contributed by atoms with Crippen molar-refractivity contribution < 1.29 is 19.3 Å². The van der Waals surface area contributed by atoms with Crippen molar-refractivity contribution in [3.05, 3.63) is 58.7 Å². The van der Waals surface area contributed by atoms with Crippen LogP contribution in [0.1, 0.15) is 55.9 Å². The summed E-state index contributed by atoms with van der Waals surface area (Å²) in [5, 5.41) is 10.3. The third-order valence-corrected chi connectivity index (χ3v) is 5.80. The number of rotatable bonds is 1. The summed E-state index contributed by atoms with van der Waals surface area (Å²) >= 11 is 0. The van der Waals surface area contributed by atoms with Gasteiger partial charge in [-0.25, -0.2) is 0 Å². The van der Waals surface area contributed by atoms with Crippen LogP contribution in [0, 0.1) is 0 Å². The Bertz CT molecular complexity index is 1060. The highest BCUT2D eigenvalue weighted by Gasteiger charge is 2.32. The fourth-order valence-electron chi connectivity index (χ4n) is 4.24. The predicted molar refractivity (Wildman–Crippen MR) is 114 cm³/mol. The van der Waals surface area contributed by atoms with Crippen LogP contribution in [0.4, 0.5) is 0 Å². The van der Waals surface area contributed by atoms with Gasteiger partial charge in [-0.3, -0.25) is 0 Å². The maximum absolute atomic E-state index is 10.3. The van der Waals surface area contributed by atoms with Crippen LogP contribution in [0.5, 0.6) is 23.0 Å². The smallest absolute Gasteiger partial charge is 0.135 e. The topological polar surface area (TPSA) is 47.9 Å². The zero-order valence-electron chi connectivity index (χ0n) is 17.3. The summed E-state index contributed by atoms with van der Waals surface area (Å²) in [4.78, 5) is 0. The van der Waals surface area contributed by atoms with E-state index in [0.717, 1.165) is 40.4 Å². The van der Waals surface area contributed by atoms with E-state index in [2.05, 4.69) is 18.2 Å². The summed E-state index contributed by atoms with van der Waals surface area (Å²) in [6, 6.07) is 7.90. The van der Waals surface area contributed by atoms with Gasteiger partial charge in [-0.05, 0) is 70.0 Å². The second kappa shape index (κ2) is 6.06. The van der Waals surface area contributed by atoms with Crippen LogP contribution < -0.4 is 14.2 Å². The summed E-state index contributed by atoms with van der Waals surface area (Å²) in [6.07, 6.45) is 8.99. The molecule has 5 rings (SSSR count). The molecule has 3 aliphatic rings. The second-order valence-corrected chi connectivity index (χ2v) is 9.20. The van der Waals surface area contributed by atoms with E-state index in [9.17, 15) is 5.11 Å². The van der Waals surface area contributed by atoms with Crippen molar-refractivity contribution in [2.24, 2.45) is 0 Å². The van der Waals surface area contributed by atoms with Gasteiger partial charge in [0.1, 0.15) is 34.2 Å². The molecule has 0 radical (unpaired) electrons. The van der Waals surface area contributed by atoms with Gasteiger partial charge in [0, 0.05) is 23.1 Å².